The Morgan fingerprint density at radius 3 is 2.55 bits per heavy atom. The van der Waals surface area contributed by atoms with E-state index in [1.807, 2.05) is 26.0 Å². The van der Waals surface area contributed by atoms with Crippen molar-refractivity contribution in [3.05, 3.63) is 12.2 Å². The molecular formula is C9H16O2. The Balaban J connectivity index is 2.68. The highest BCUT2D eigenvalue weighted by atomic mass is 16.3. The fourth-order valence-corrected chi connectivity index (χ4v) is 1.47. The first kappa shape index (κ1) is 8.75. The topological polar surface area (TPSA) is 40.5 Å². The number of rotatable bonds is 0. The predicted molar refractivity (Wildman–Crippen MR) is 44.1 cm³/mol. The van der Waals surface area contributed by atoms with Gasteiger partial charge in [-0.3, -0.25) is 0 Å². The molecule has 0 bridgehead atoms. The van der Waals surface area contributed by atoms with E-state index in [0.29, 0.717) is 6.42 Å². The molecule has 2 N–H and O–H groups in total. The summed E-state index contributed by atoms with van der Waals surface area (Å²) in [4.78, 5) is 0. The summed E-state index contributed by atoms with van der Waals surface area (Å²) in [5.41, 5.74) is 0. The SMILES string of the molecule is C[C@@H]1[C@@H](O)[C@H](C)C=CC[C@@H]1O. The highest BCUT2D eigenvalue weighted by molar-refractivity contribution is 4.98. The Kier molecular flexibility index (Phi) is 2.68. The second-order valence-electron chi connectivity index (χ2n) is 3.44. The minimum Gasteiger partial charge on any atom is -0.392 e. The van der Waals surface area contributed by atoms with Crippen molar-refractivity contribution in [2.75, 3.05) is 0 Å². The summed E-state index contributed by atoms with van der Waals surface area (Å²) in [7, 11) is 0. The van der Waals surface area contributed by atoms with Crippen molar-refractivity contribution in [2.45, 2.75) is 32.5 Å². The van der Waals surface area contributed by atoms with Crippen molar-refractivity contribution < 1.29 is 10.2 Å². The number of aliphatic hydroxyl groups is 2. The van der Waals surface area contributed by atoms with E-state index in [2.05, 4.69) is 0 Å². The lowest BCUT2D eigenvalue weighted by Crippen LogP contribution is -2.31. The van der Waals surface area contributed by atoms with Crippen LogP contribution < -0.4 is 0 Å². The van der Waals surface area contributed by atoms with Gasteiger partial charge in [0.1, 0.15) is 0 Å². The van der Waals surface area contributed by atoms with Gasteiger partial charge in [-0.15, -0.1) is 0 Å². The molecule has 0 saturated heterocycles. The molecule has 1 aliphatic carbocycles. The van der Waals surface area contributed by atoms with Crippen LogP contribution in [-0.2, 0) is 0 Å². The van der Waals surface area contributed by atoms with Crippen LogP contribution in [0.1, 0.15) is 20.3 Å². The largest absolute Gasteiger partial charge is 0.392 e. The molecule has 0 amide bonds. The Bertz CT molecular complexity index is 154. The minimum atomic E-state index is -0.399. The van der Waals surface area contributed by atoms with Gasteiger partial charge in [-0.05, 0) is 6.42 Å². The molecule has 0 unspecified atom stereocenters. The van der Waals surface area contributed by atoms with Crippen molar-refractivity contribution in [3.63, 3.8) is 0 Å². The van der Waals surface area contributed by atoms with Crippen molar-refractivity contribution in [1.82, 2.24) is 0 Å². The summed E-state index contributed by atoms with van der Waals surface area (Å²) in [6, 6.07) is 0. The average Bonchev–Trinajstić information content (AvgIpc) is 2.07. The molecule has 0 saturated carbocycles. The van der Waals surface area contributed by atoms with Crippen LogP contribution in [0.25, 0.3) is 0 Å². The molecule has 4 atom stereocenters. The van der Waals surface area contributed by atoms with Crippen LogP contribution in [0.3, 0.4) is 0 Å². The fraction of sp³-hybridized carbons (Fsp3) is 0.778. The van der Waals surface area contributed by atoms with Gasteiger partial charge in [-0.25, -0.2) is 0 Å². The lowest BCUT2D eigenvalue weighted by molar-refractivity contribution is 0.0102. The Morgan fingerprint density at radius 2 is 1.91 bits per heavy atom. The quantitative estimate of drug-likeness (QED) is 0.512. The summed E-state index contributed by atoms with van der Waals surface area (Å²) in [5, 5.41) is 19.0. The molecule has 0 spiro atoms. The molecule has 0 aromatic carbocycles. The molecule has 0 aromatic heterocycles. The first-order valence-electron chi connectivity index (χ1n) is 4.15. The summed E-state index contributed by atoms with van der Waals surface area (Å²) in [6.45, 7) is 3.86. The maximum atomic E-state index is 9.59. The molecule has 1 rings (SSSR count). The molecule has 0 aliphatic heterocycles. The van der Waals surface area contributed by atoms with Crippen LogP contribution >= 0.6 is 0 Å². The normalized spacial score (nSPS) is 45.5. The van der Waals surface area contributed by atoms with E-state index >= 15 is 0 Å². The van der Waals surface area contributed by atoms with Crippen molar-refractivity contribution in [1.29, 1.82) is 0 Å². The average molecular weight is 156 g/mol. The smallest absolute Gasteiger partial charge is 0.0650 e. The van der Waals surface area contributed by atoms with Gasteiger partial charge < -0.3 is 10.2 Å². The minimum absolute atomic E-state index is 0.0139. The van der Waals surface area contributed by atoms with Gasteiger partial charge in [-0.1, -0.05) is 26.0 Å². The Morgan fingerprint density at radius 1 is 1.27 bits per heavy atom. The summed E-state index contributed by atoms with van der Waals surface area (Å²) in [6.07, 6.45) is 3.80. The van der Waals surface area contributed by atoms with Crippen LogP contribution in [0.2, 0.25) is 0 Å². The standard InChI is InChI=1S/C9H16O2/c1-6-4-3-5-8(10)7(2)9(6)11/h3-4,6-11H,5H2,1-2H3/t6-,7+,8+,9+/m1/s1. The third-order valence-corrected chi connectivity index (χ3v) is 2.50. The zero-order valence-corrected chi connectivity index (χ0v) is 7.07. The van der Waals surface area contributed by atoms with Gasteiger partial charge in [0.05, 0.1) is 12.2 Å². The molecule has 1 aliphatic rings. The van der Waals surface area contributed by atoms with Gasteiger partial charge in [0.15, 0.2) is 0 Å². The zero-order chi connectivity index (χ0) is 8.43. The number of hydrogen-bond acceptors (Lipinski definition) is 2. The van der Waals surface area contributed by atoms with Gasteiger partial charge in [0.2, 0.25) is 0 Å². The lowest BCUT2D eigenvalue weighted by atomic mass is 9.91. The van der Waals surface area contributed by atoms with Crippen molar-refractivity contribution in [3.8, 4) is 0 Å². The highest BCUT2D eigenvalue weighted by Gasteiger charge is 2.26. The maximum absolute atomic E-state index is 9.59. The molecule has 64 valence electrons. The third kappa shape index (κ3) is 1.82. The van der Waals surface area contributed by atoms with Gasteiger partial charge in [-0.2, -0.15) is 0 Å². The van der Waals surface area contributed by atoms with Gasteiger partial charge >= 0.3 is 0 Å². The summed E-state index contributed by atoms with van der Waals surface area (Å²) < 4.78 is 0. The van der Waals surface area contributed by atoms with E-state index in [9.17, 15) is 10.2 Å². The first-order chi connectivity index (χ1) is 5.13. The van der Waals surface area contributed by atoms with Gasteiger partial charge in [0, 0.05) is 11.8 Å². The van der Waals surface area contributed by atoms with E-state index < -0.39 is 6.10 Å². The van der Waals surface area contributed by atoms with E-state index in [0.717, 1.165) is 0 Å². The monoisotopic (exact) mass is 156 g/mol. The van der Waals surface area contributed by atoms with Crippen LogP contribution in [0.4, 0.5) is 0 Å². The second-order valence-corrected chi connectivity index (χ2v) is 3.44. The van der Waals surface area contributed by atoms with Crippen LogP contribution in [0.15, 0.2) is 12.2 Å². The molecule has 2 nitrogen and oxygen atoms in total. The van der Waals surface area contributed by atoms with Crippen molar-refractivity contribution >= 4 is 0 Å². The maximum Gasteiger partial charge on any atom is 0.0650 e. The predicted octanol–water partition coefficient (Wildman–Crippen LogP) is 0.940. The molecule has 0 heterocycles. The molecule has 11 heavy (non-hydrogen) atoms. The van der Waals surface area contributed by atoms with Gasteiger partial charge in [0.25, 0.3) is 0 Å². The fourth-order valence-electron chi connectivity index (χ4n) is 1.47. The highest BCUT2D eigenvalue weighted by Crippen LogP contribution is 2.23. The summed E-state index contributed by atoms with van der Waals surface area (Å²) in [5.74, 6) is 0.155. The first-order valence-corrected chi connectivity index (χ1v) is 4.15. The molecule has 0 fully saturated rings. The van der Waals surface area contributed by atoms with E-state index in [1.165, 1.54) is 0 Å². The van der Waals surface area contributed by atoms with E-state index in [1.54, 1.807) is 0 Å². The van der Waals surface area contributed by atoms with E-state index in [-0.39, 0.29) is 17.9 Å². The number of hydrogen-bond donors (Lipinski definition) is 2. The van der Waals surface area contributed by atoms with Crippen LogP contribution in [0, 0.1) is 11.8 Å². The van der Waals surface area contributed by atoms with E-state index in [4.69, 9.17) is 0 Å². The Hall–Kier alpha value is -0.340. The second kappa shape index (κ2) is 3.37. The molecule has 2 heteroatoms. The third-order valence-electron chi connectivity index (χ3n) is 2.50. The number of aliphatic hydroxyl groups excluding tert-OH is 2. The Labute approximate surface area is 67.6 Å². The lowest BCUT2D eigenvalue weighted by Gasteiger charge is -2.23. The zero-order valence-electron chi connectivity index (χ0n) is 7.07. The van der Waals surface area contributed by atoms with Crippen LogP contribution in [0.5, 0.6) is 0 Å². The molecule has 0 aromatic rings. The molecular weight excluding hydrogens is 140 g/mol. The van der Waals surface area contributed by atoms with Crippen LogP contribution in [-0.4, -0.2) is 22.4 Å². The molecule has 0 radical (unpaired) electrons. The van der Waals surface area contributed by atoms with Crippen molar-refractivity contribution in [2.24, 2.45) is 11.8 Å². The summed E-state index contributed by atoms with van der Waals surface area (Å²) >= 11 is 0.